The molecule has 0 aromatic rings. The third-order valence-electron chi connectivity index (χ3n) is 7.46. The molecule has 2 N–H and O–H groups in total. The fourth-order valence-electron chi connectivity index (χ4n) is 5.64. The van der Waals surface area contributed by atoms with Crippen LogP contribution in [0.5, 0.6) is 0 Å². The number of allylic oxidation sites excluding steroid dienone is 2. The van der Waals surface area contributed by atoms with Crippen molar-refractivity contribution in [1.82, 2.24) is 0 Å². The normalized spacial score (nSPS) is 42.3. The minimum Gasteiger partial charge on any atom is -0.402 e. The van der Waals surface area contributed by atoms with E-state index in [1.54, 1.807) is 6.42 Å². The summed E-state index contributed by atoms with van der Waals surface area (Å²) >= 11 is 0. The summed E-state index contributed by atoms with van der Waals surface area (Å²) in [7, 11) is 0. The molecule has 3 rings (SSSR count). The van der Waals surface area contributed by atoms with Crippen molar-refractivity contribution in [1.29, 1.82) is 0 Å². The van der Waals surface area contributed by atoms with Crippen LogP contribution in [-0.2, 0) is 0 Å². The zero-order chi connectivity index (χ0) is 16.2. The summed E-state index contributed by atoms with van der Waals surface area (Å²) in [4.78, 5) is 0. The Balaban J connectivity index is 1.46. The zero-order valence-electron chi connectivity index (χ0n) is 15.6. The number of hydrogen-bond acceptors (Lipinski definition) is 1. The lowest BCUT2D eigenvalue weighted by Gasteiger charge is -2.39. The van der Waals surface area contributed by atoms with E-state index >= 15 is 0 Å². The van der Waals surface area contributed by atoms with E-state index in [0.717, 1.165) is 47.6 Å². The second-order valence-electron chi connectivity index (χ2n) is 9.43. The smallest absolute Gasteiger partial charge is 0.00401 e. The van der Waals surface area contributed by atoms with Gasteiger partial charge in [-0.3, -0.25) is 0 Å². The topological polar surface area (TPSA) is 26.0 Å². The molecule has 2 fully saturated rings. The first-order valence-corrected chi connectivity index (χ1v) is 10.5. The van der Waals surface area contributed by atoms with Crippen LogP contribution in [-0.4, -0.2) is 0 Å². The molecule has 0 saturated heterocycles. The number of rotatable bonds is 4. The van der Waals surface area contributed by atoms with Crippen molar-refractivity contribution in [2.45, 2.75) is 90.9 Å². The van der Waals surface area contributed by atoms with Crippen LogP contribution < -0.4 is 5.73 Å². The van der Waals surface area contributed by atoms with Gasteiger partial charge in [0.05, 0.1) is 0 Å². The van der Waals surface area contributed by atoms with Gasteiger partial charge in [-0.15, -0.1) is 0 Å². The Morgan fingerprint density at radius 1 is 0.870 bits per heavy atom. The van der Waals surface area contributed by atoms with E-state index < -0.39 is 0 Å². The van der Waals surface area contributed by atoms with E-state index in [9.17, 15) is 0 Å². The molecule has 0 aromatic heterocycles. The molecule has 0 heterocycles. The summed E-state index contributed by atoms with van der Waals surface area (Å²) in [6.45, 7) is 4.98. The highest BCUT2D eigenvalue weighted by Crippen LogP contribution is 2.43. The molecule has 2 saturated carbocycles. The SMILES string of the molecule is CC1CCC(CC2CC(CC3CC=C(N)CC3)CCC2C)CC1. The molecule has 0 spiro atoms. The molecule has 0 radical (unpaired) electrons. The Kier molecular flexibility index (Phi) is 6.10. The average Bonchev–Trinajstić information content (AvgIpc) is 2.55. The molecule has 4 atom stereocenters. The maximum Gasteiger partial charge on any atom is 0.00401 e. The third kappa shape index (κ3) is 5.00. The second-order valence-corrected chi connectivity index (χ2v) is 9.43. The molecule has 23 heavy (non-hydrogen) atoms. The lowest BCUT2D eigenvalue weighted by molar-refractivity contribution is 0.127. The van der Waals surface area contributed by atoms with Crippen LogP contribution in [0.1, 0.15) is 90.9 Å². The maximum absolute atomic E-state index is 5.95. The molecule has 0 amide bonds. The Morgan fingerprint density at radius 3 is 2.30 bits per heavy atom. The minimum absolute atomic E-state index is 0.928. The predicted octanol–water partition coefficient (Wildman–Crippen LogP) is 6.29. The molecule has 1 nitrogen and oxygen atoms in total. The second kappa shape index (κ2) is 8.08. The fourth-order valence-corrected chi connectivity index (χ4v) is 5.64. The predicted molar refractivity (Wildman–Crippen MR) is 100.0 cm³/mol. The van der Waals surface area contributed by atoms with Crippen LogP contribution in [0.3, 0.4) is 0 Å². The van der Waals surface area contributed by atoms with E-state index in [2.05, 4.69) is 19.9 Å². The van der Waals surface area contributed by atoms with Crippen LogP contribution in [0.25, 0.3) is 0 Å². The van der Waals surface area contributed by atoms with Gasteiger partial charge in [-0.25, -0.2) is 0 Å². The van der Waals surface area contributed by atoms with Crippen molar-refractivity contribution in [2.24, 2.45) is 41.2 Å². The van der Waals surface area contributed by atoms with Crippen molar-refractivity contribution in [3.63, 3.8) is 0 Å². The Labute approximate surface area is 144 Å². The molecule has 0 aromatic carbocycles. The largest absolute Gasteiger partial charge is 0.402 e. The molecule has 4 unspecified atom stereocenters. The first kappa shape index (κ1) is 17.4. The van der Waals surface area contributed by atoms with Gasteiger partial charge in [0.25, 0.3) is 0 Å². The van der Waals surface area contributed by atoms with Gasteiger partial charge in [-0.05, 0) is 74.0 Å². The lowest BCUT2D eigenvalue weighted by Crippen LogP contribution is -2.27. The van der Waals surface area contributed by atoms with E-state index in [-0.39, 0.29) is 0 Å². The summed E-state index contributed by atoms with van der Waals surface area (Å²) in [5.74, 6) is 5.99. The van der Waals surface area contributed by atoms with Crippen molar-refractivity contribution in [3.8, 4) is 0 Å². The minimum atomic E-state index is 0.928. The molecule has 0 bridgehead atoms. The van der Waals surface area contributed by atoms with Crippen LogP contribution in [0.4, 0.5) is 0 Å². The maximum atomic E-state index is 5.95. The van der Waals surface area contributed by atoms with Gasteiger partial charge in [-0.2, -0.15) is 0 Å². The monoisotopic (exact) mass is 317 g/mol. The van der Waals surface area contributed by atoms with Gasteiger partial charge in [0, 0.05) is 5.70 Å². The first-order chi connectivity index (χ1) is 11.1. The number of nitrogens with two attached hydrogens (primary N) is 1. The van der Waals surface area contributed by atoms with Gasteiger partial charge < -0.3 is 5.73 Å². The van der Waals surface area contributed by atoms with E-state index in [4.69, 9.17) is 5.73 Å². The summed E-state index contributed by atoms with van der Waals surface area (Å²) in [6.07, 6.45) is 19.6. The molecular weight excluding hydrogens is 278 g/mol. The van der Waals surface area contributed by atoms with Crippen molar-refractivity contribution >= 4 is 0 Å². The Bertz CT molecular complexity index is 391. The number of hydrogen-bond donors (Lipinski definition) is 1. The molecule has 3 aliphatic rings. The summed E-state index contributed by atoms with van der Waals surface area (Å²) in [6, 6.07) is 0. The van der Waals surface area contributed by atoms with Crippen LogP contribution in [0.2, 0.25) is 0 Å². The fraction of sp³-hybridized carbons (Fsp3) is 0.909. The van der Waals surface area contributed by atoms with Crippen LogP contribution >= 0.6 is 0 Å². The van der Waals surface area contributed by atoms with Crippen molar-refractivity contribution in [3.05, 3.63) is 11.8 Å². The molecule has 0 aliphatic heterocycles. The summed E-state index contributed by atoms with van der Waals surface area (Å²) < 4.78 is 0. The molecule has 1 heteroatoms. The third-order valence-corrected chi connectivity index (χ3v) is 7.46. The molecule has 3 aliphatic carbocycles. The van der Waals surface area contributed by atoms with Gasteiger partial charge in [0.1, 0.15) is 0 Å². The highest BCUT2D eigenvalue weighted by Gasteiger charge is 2.31. The van der Waals surface area contributed by atoms with Gasteiger partial charge >= 0.3 is 0 Å². The summed E-state index contributed by atoms with van der Waals surface area (Å²) in [5, 5.41) is 0. The van der Waals surface area contributed by atoms with Gasteiger partial charge in [0.2, 0.25) is 0 Å². The average molecular weight is 318 g/mol. The highest BCUT2D eigenvalue weighted by molar-refractivity contribution is 5.01. The first-order valence-electron chi connectivity index (χ1n) is 10.5. The standard InChI is InChI=1S/C22H39N/c1-16-3-6-19(7-4-16)14-21-15-20(8-5-17(21)2)13-18-9-11-22(23)12-10-18/h11,16-21H,3-10,12-15,23H2,1-2H3. The molecular formula is C22H39N. The Morgan fingerprint density at radius 2 is 1.61 bits per heavy atom. The van der Waals surface area contributed by atoms with Gasteiger partial charge in [0.15, 0.2) is 0 Å². The quantitative estimate of drug-likeness (QED) is 0.648. The highest BCUT2D eigenvalue weighted by atomic mass is 14.6. The van der Waals surface area contributed by atoms with E-state index in [1.807, 2.05) is 0 Å². The van der Waals surface area contributed by atoms with E-state index in [1.165, 1.54) is 64.2 Å². The van der Waals surface area contributed by atoms with Gasteiger partial charge in [-0.1, -0.05) is 58.4 Å². The van der Waals surface area contributed by atoms with E-state index in [0.29, 0.717) is 0 Å². The Hall–Kier alpha value is -0.460. The van der Waals surface area contributed by atoms with Crippen molar-refractivity contribution < 1.29 is 0 Å². The zero-order valence-corrected chi connectivity index (χ0v) is 15.6. The molecule has 132 valence electrons. The van der Waals surface area contributed by atoms with Crippen LogP contribution in [0, 0.1) is 35.5 Å². The van der Waals surface area contributed by atoms with Crippen LogP contribution in [0.15, 0.2) is 11.8 Å². The van der Waals surface area contributed by atoms with Crippen molar-refractivity contribution in [2.75, 3.05) is 0 Å². The lowest BCUT2D eigenvalue weighted by atomic mass is 9.67. The summed E-state index contributed by atoms with van der Waals surface area (Å²) in [5.41, 5.74) is 7.09.